The number of amides is 2. The number of nitrogens with one attached hydrogen (secondary N) is 2. The number of hydrogen-bond acceptors (Lipinski definition) is 8. The monoisotopic (exact) mass is 454 g/mol. The van der Waals surface area contributed by atoms with Crippen molar-refractivity contribution in [3.63, 3.8) is 0 Å². The third-order valence-electron chi connectivity index (χ3n) is 5.76. The molecule has 3 rings (SSSR count). The average Bonchev–Trinajstić information content (AvgIpc) is 3.38. The van der Waals surface area contributed by atoms with E-state index in [4.69, 9.17) is 10.6 Å². The lowest BCUT2D eigenvalue weighted by atomic mass is 9.93. The van der Waals surface area contributed by atoms with E-state index in [1.807, 2.05) is 11.8 Å². The number of urea groups is 1. The van der Waals surface area contributed by atoms with E-state index in [1.165, 1.54) is 12.1 Å². The average molecular weight is 455 g/mol. The van der Waals surface area contributed by atoms with Crippen LogP contribution in [0.2, 0.25) is 0 Å². The Balaban J connectivity index is 1.31. The summed E-state index contributed by atoms with van der Waals surface area (Å²) < 4.78 is 0.645. The molecule has 6 N–H and O–H groups in total. The second-order valence-corrected chi connectivity index (χ2v) is 9.24. The van der Waals surface area contributed by atoms with Gasteiger partial charge in [0.25, 0.3) is 0 Å². The predicted molar refractivity (Wildman–Crippen MR) is 115 cm³/mol. The summed E-state index contributed by atoms with van der Waals surface area (Å²) in [5.74, 6) is -0.647. The minimum absolute atomic E-state index is 0.0437. The fourth-order valence-corrected chi connectivity index (χ4v) is 5.58. The van der Waals surface area contributed by atoms with Gasteiger partial charge >= 0.3 is 12.0 Å². The van der Waals surface area contributed by atoms with Crippen LogP contribution in [0, 0.1) is 5.92 Å². The van der Waals surface area contributed by atoms with Gasteiger partial charge in [-0.3, -0.25) is 4.79 Å². The van der Waals surface area contributed by atoms with Gasteiger partial charge in [-0.15, -0.1) is 4.73 Å². The minimum atomic E-state index is -0.620. The molecule has 2 aliphatic rings. The van der Waals surface area contributed by atoms with Crippen molar-refractivity contribution < 1.29 is 29.4 Å². The van der Waals surface area contributed by atoms with Crippen molar-refractivity contribution in [2.24, 2.45) is 11.7 Å². The van der Waals surface area contributed by atoms with Gasteiger partial charge in [-0.2, -0.15) is 11.8 Å². The molecule has 4 atom stereocenters. The Morgan fingerprint density at radius 2 is 1.94 bits per heavy atom. The Morgan fingerprint density at radius 3 is 2.65 bits per heavy atom. The molecule has 31 heavy (non-hydrogen) atoms. The van der Waals surface area contributed by atoms with Crippen LogP contribution in [0.1, 0.15) is 44.9 Å². The number of unbranched alkanes of at least 4 members (excludes halogenated alkanes) is 1. The molecule has 2 fully saturated rings. The molecule has 0 bridgehead atoms. The fraction of sp³-hybridized carbons (Fsp3) is 0.650. The van der Waals surface area contributed by atoms with Crippen LogP contribution in [0.15, 0.2) is 12.1 Å². The number of nitrogens with zero attached hydrogens (tertiary/aromatic N) is 1. The lowest BCUT2D eigenvalue weighted by Crippen LogP contribution is -2.36. The smallest absolute Gasteiger partial charge is 0.333 e. The molecular weight excluding hydrogens is 424 g/mol. The van der Waals surface area contributed by atoms with E-state index in [9.17, 15) is 24.6 Å². The molecule has 1 aromatic rings. The van der Waals surface area contributed by atoms with Gasteiger partial charge in [-0.25, -0.2) is 9.59 Å². The summed E-state index contributed by atoms with van der Waals surface area (Å²) in [6, 6.07) is 2.71. The highest BCUT2D eigenvalue weighted by molar-refractivity contribution is 8.00. The molecule has 0 radical (unpaired) electrons. The molecule has 11 heteroatoms. The van der Waals surface area contributed by atoms with Gasteiger partial charge in [0.2, 0.25) is 11.8 Å². The lowest BCUT2D eigenvalue weighted by molar-refractivity contribution is -0.145. The van der Waals surface area contributed by atoms with Crippen LogP contribution in [-0.4, -0.2) is 62.4 Å². The van der Waals surface area contributed by atoms with Gasteiger partial charge in [-0.1, -0.05) is 6.42 Å². The maximum atomic E-state index is 12.5. The number of nitrogens with two attached hydrogens (primary N) is 1. The summed E-state index contributed by atoms with van der Waals surface area (Å²) in [6.07, 6.45) is 4.04. The maximum Gasteiger partial charge on any atom is 0.333 e. The van der Waals surface area contributed by atoms with Crippen LogP contribution < -0.4 is 21.2 Å². The molecule has 2 saturated heterocycles. The number of aromatic hydroxyl groups is 2. The first-order chi connectivity index (χ1) is 14.9. The summed E-state index contributed by atoms with van der Waals surface area (Å²) in [5.41, 5.74) is 5.76. The number of ketones is 1. The first-order valence-electron chi connectivity index (χ1n) is 10.6. The Kier molecular flexibility index (Phi) is 8.08. The second kappa shape index (κ2) is 10.8. The van der Waals surface area contributed by atoms with Gasteiger partial charge < -0.3 is 31.4 Å². The van der Waals surface area contributed by atoms with Crippen molar-refractivity contribution in [1.82, 2.24) is 15.4 Å². The van der Waals surface area contributed by atoms with Crippen molar-refractivity contribution in [3.8, 4) is 11.8 Å². The second-order valence-electron chi connectivity index (χ2n) is 7.97. The molecule has 0 aliphatic carbocycles. The first kappa shape index (κ1) is 23.3. The number of carbonyl (C=O) groups excluding carboxylic acids is 3. The summed E-state index contributed by atoms with van der Waals surface area (Å²) in [7, 11) is 0. The number of Topliss-reactive ketones (excluding diaryl/α,β-unsaturated/α-hetero) is 1. The molecule has 3 heterocycles. The van der Waals surface area contributed by atoms with Crippen molar-refractivity contribution in [1.29, 1.82) is 0 Å². The van der Waals surface area contributed by atoms with E-state index in [2.05, 4.69) is 10.6 Å². The van der Waals surface area contributed by atoms with Crippen molar-refractivity contribution >= 4 is 29.5 Å². The molecule has 0 aromatic carbocycles. The Labute approximate surface area is 184 Å². The van der Waals surface area contributed by atoms with Gasteiger partial charge in [-0.05, 0) is 25.7 Å². The zero-order valence-electron chi connectivity index (χ0n) is 17.3. The van der Waals surface area contributed by atoms with E-state index in [0.717, 1.165) is 25.0 Å². The number of aromatic nitrogens is 1. The fourth-order valence-electron chi connectivity index (χ4n) is 4.04. The highest BCUT2D eigenvalue weighted by Gasteiger charge is 2.42. The Hall–Kier alpha value is -2.40. The zero-order valence-corrected chi connectivity index (χ0v) is 18.1. The summed E-state index contributed by atoms with van der Waals surface area (Å²) >= 11 is 1.86. The largest absolute Gasteiger partial charge is 0.492 e. The molecule has 1 unspecified atom stereocenters. The summed E-state index contributed by atoms with van der Waals surface area (Å²) in [6.45, 7) is 0.229. The highest BCUT2D eigenvalue weighted by Crippen LogP contribution is 2.33. The van der Waals surface area contributed by atoms with Crippen LogP contribution in [-0.2, 0) is 9.59 Å². The van der Waals surface area contributed by atoms with E-state index in [-0.39, 0.29) is 54.5 Å². The SMILES string of the molecule is NCC(CCCC(=O)On1c(O)ccc1O)C(=O)CCCC[C@@H]1SC[C@@H]2NC(=O)N[C@@H]21. The third kappa shape index (κ3) is 6.07. The van der Waals surface area contributed by atoms with Gasteiger partial charge in [0, 0.05) is 48.4 Å². The molecule has 0 saturated carbocycles. The van der Waals surface area contributed by atoms with Crippen molar-refractivity contribution in [2.75, 3.05) is 12.3 Å². The molecule has 2 aliphatic heterocycles. The Bertz CT molecular complexity index is 781. The number of rotatable bonds is 12. The normalized spacial score (nSPS) is 23.1. The van der Waals surface area contributed by atoms with Crippen LogP contribution >= 0.6 is 11.8 Å². The number of thioether (sulfide) groups is 1. The molecule has 172 valence electrons. The summed E-state index contributed by atoms with van der Waals surface area (Å²) in [4.78, 5) is 40.7. The van der Waals surface area contributed by atoms with Gasteiger partial charge in [0.1, 0.15) is 5.78 Å². The van der Waals surface area contributed by atoms with E-state index >= 15 is 0 Å². The van der Waals surface area contributed by atoms with E-state index in [0.29, 0.717) is 29.2 Å². The van der Waals surface area contributed by atoms with Crippen molar-refractivity contribution in [3.05, 3.63) is 12.1 Å². The lowest BCUT2D eigenvalue weighted by Gasteiger charge is -2.17. The first-order valence-corrected chi connectivity index (χ1v) is 11.7. The van der Waals surface area contributed by atoms with E-state index in [1.54, 1.807) is 0 Å². The third-order valence-corrected chi connectivity index (χ3v) is 7.27. The summed E-state index contributed by atoms with van der Waals surface area (Å²) in [5, 5.41) is 25.2. The number of fused-ring (bicyclic) bond motifs is 1. The van der Waals surface area contributed by atoms with Crippen LogP contribution in [0.3, 0.4) is 0 Å². The van der Waals surface area contributed by atoms with Crippen LogP contribution in [0.5, 0.6) is 11.8 Å². The molecule has 1 aromatic heterocycles. The quantitative estimate of drug-likeness (QED) is 0.230. The number of carbonyl (C=O) groups is 3. The number of hydrogen-bond donors (Lipinski definition) is 5. The van der Waals surface area contributed by atoms with E-state index < -0.39 is 5.97 Å². The maximum absolute atomic E-state index is 12.5. The van der Waals surface area contributed by atoms with Crippen LogP contribution in [0.25, 0.3) is 0 Å². The molecule has 10 nitrogen and oxygen atoms in total. The predicted octanol–water partition coefficient (Wildman–Crippen LogP) is 0.895. The molecular formula is C20H30N4O6S. The Morgan fingerprint density at radius 1 is 1.19 bits per heavy atom. The highest BCUT2D eigenvalue weighted by atomic mass is 32.2. The van der Waals surface area contributed by atoms with Gasteiger partial charge in [0.05, 0.1) is 12.1 Å². The topological polar surface area (TPSA) is 156 Å². The molecule has 2 amide bonds. The standard InChI is InChI=1S/C20H30N4O6S/c21-10-12(4-3-7-18(28)30-24-16(26)8-9-17(24)27)14(25)5-1-2-6-15-19-13(11-31-15)22-20(29)23-19/h8-9,12-13,15,19,26-27H,1-7,10-11,21H2,(H2,22,23,29)/t12?,13-,15-,19-/m0/s1. The zero-order chi connectivity index (χ0) is 22.4. The molecule has 0 spiro atoms. The minimum Gasteiger partial charge on any atom is -0.492 e. The van der Waals surface area contributed by atoms with Gasteiger partial charge in [0.15, 0.2) is 0 Å². The van der Waals surface area contributed by atoms with Crippen LogP contribution in [0.4, 0.5) is 4.79 Å². The van der Waals surface area contributed by atoms with Crippen molar-refractivity contribution in [2.45, 2.75) is 62.3 Å².